The van der Waals surface area contributed by atoms with E-state index in [4.69, 9.17) is 9.47 Å². The van der Waals surface area contributed by atoms with E-state index in [0.717, 1.165) is 0 Å². The lowest BCUT2D eigenvalue weighted by molar-refractivity contribution is -0.120. The number of sulfonamides is 1. The van der Waals surface area contributed by atoms with Crippen molar-refractivity contribution in [2.75, 3.05) is 38.8 Å². The Balaban J connectivity index is 2.19. The van der Waals surface area contributed by atoms with Gasteiger partial charge in [-0.2, -0.15) is 0 Å². The standard InChI is InChI=1S/C13H18N2O5S/c1-15-11-8-10(4-5-12(11)20-9-13(15)16)21(17,18)14-6-3-7-19-2/h4-5,8,14H,3,6-7,9H2,1-2H3. The van der Waals surface area contributed by atoms with E-state index in [-0.39, 0.29) is 17.4 Å². The van der Waals surface area contributed by atoms with Gasteiger partial charge in [-0.05, 0) is 24.6 Å². The fraction of sp³-hybridized carbons (Fsp3) is 0.462. The Kier molecular flexibility index (Phi) is 4.81. The van der Waals surface area contributed by atoms with Crippen molar-refractivity contribution in [1.29, 1.82) is 0 Å². The Morgan fingerprint density at radius 1 is 1.43 bits per heavy atom. The number of methoxy groups -OCH3 is 1. The van der Waals surface area contributed by atoms with Gasteiger partial charge in [0.25, 0.3) is 5.91 Å². The molecule has 0 fully saturated rings. The number of carbonyl (C=O) groups is 1. The van der Waals surface area contributed by atoms with Crippen LogP contribution in [0.25, 0.3) is 0 Å². The highest BCUT2D eigenvalue weighted by molar-refractivity contribution is 7.89. The summed E-state index contributed by atoms with van der Waals surface area (Å²) < 4.78 is 37.0. The van der Waals surface area contributed by atoms with Gasteiger partial charge in [0.15, 0.2) is 6.61 Å². The van der Waals surface area contributed by atoms with Gasteiger partial charge < -0.3 is 14.4 Å². The van der Waals surface area contributed by atoms with Gasteiger partial charge in [-0.1, -0.05) is 0 Å². The molecule has 8 heteroatoms. The second-order valence-corrected chi connectivity index (χ2v) is 6.38. The van der Waals surface area contributed by atoms with Crippen molar-refractivity contribution in [3.05, 3.63) is 18.2 Å². The largest absolute Gasteiger partial charge is 0.482 e. The molecule has 0 atom stereocenters. The molecule has 0 aromatic heterocycles. The molecule has 2 rings (SSSR count). The fourth-order valence-corrected chi connectivity index (χ4v) is 3.02. The van der Waals surface area contributed by atoms with E-state index in [1.807, 2.05) is 0 Å². The second kappa shape index (κ2) is 6.42. The minimum Gasteiger partial charge on any atom is -0.482 e. The Morgan fingerprint density at radius 2 is 2.19 bits per heavy atom. The van der Waals surface area contributed by atoms with Gasteiger partial charge in [0, 0.05) is 27.3 Å². The minimum atomic E-state index is -3.61. The SMILES string of the molecule is COCCCNS(=O)(=O)c1ccc2c(c1)N(C)C(=O)CO2. The normalized spacial score (nSPS) is 14.8. The molecule has 0 aliphatic carbocycles. The molecule has 1 amide bonds. The van der Waals surface area contributed by atoms with Gasteiger partial charge in [0.05, 0.1) is 10.6 Å². The highest BCUT2D eigenvalue weighted by Gasteiger charge is 2.24. The van der Waals surface area contributed by atoms with Crippen molar-refractivity contribution in [1.82, 2.24) is 4.72 Å². The third-order valence-electron chi connectivity index (χ3n) is 3.14. The maximum atomic E-state index is 12.2. The first-order valence-electron chi connectivity index (χ1n) is 6.47. The zero-order valence-electron chi connectivity index (χ0n) is 12.0. The highest BCUT2D eigenvalue weighted by atomic mass is 32.2. The van der Waals surface area contributed by atoms with Gasteiger partial charge in [-0.25, -0.2) is 13.1 Å². The Bertz CT molecular complexity index is 629. The lowest BCUT2D eigenvalue weighted by Crippen LogP contribution is -2.35. The van der Waals surface area contributed by atoms with Gasteiger partial charge in [0.2, 0.25) is 10.0 Å². The molecule has 1 N–H and O–H groups in total. The molecule has 0 saturated heterocycles. The topological polar surface area (TPSA) is 84.9 Å². The summed E-state index contributed by atoms with van der Waals surface area (Å²) in [7, 11) is -0.464. The summed E-state index contributed by atoms with van der Waals surface area (Å²) in [5, 5.41) is 0. The van der Waals surface area contributed by atoms with Crippen molar-refractivity contribution in [2.24, 2.45) is 0 Å². The molecule has 1 aromatic carbocycles. The molecule has 1 heterocycles. The molecule has 0 saturated carbocycles. The number of nitrogens with zero attached hydrogens (tertiary/aromatic N) is 1. The number of hydrogen-bond acceptors (Lipinski definition) is 5. The number of benzene rings is 1. The van der Waals surface area contributed by atoms with Crippen LogP contribution < -0.4 is 14.4 Å². The smallest absolute Gasteiger partial charge is 0.264 e. The number of anilines is 1. The third kappa shape index (κ3) is 3.52. The Hall–Kier alpha value is -1.64. The van der Waals surface area contributed by atoms with Crippen LogP contribution in [0.1, 0.15) is 6.42 Å². The molecule has 116 valence electrons. The van der Waals surface area contributed by atoms with Crippen LogP contribution in [0.5, 0.6) is 5.75 Å². The number of amides is 1. The summed E-state index contributed by atoms with van der Waals surface area (Å²) in [6.07, 6.45) is 0.585. The predicted octanol–water partition coefficient (Wildman–Crippen LogP) is 0.357. The van der Waals surface area contributed by atoms with E-state index in [9.17, 15) is 13.2 Å². The van der Waals surface area contributed by atoms with Crippen LogP contribution in [-0.4, -0.2) is 48.2 Å². The summed E-state index contributed by atoms with van der Waals surface area (Å²) >= 11 is 0. The minimum absolute atomic E-state index is 0.0368. The van der Waals surface area contributed by atoms with E-state index in [1.165, 1.54) is 17.0 Å². The first-order chi connectivity index (χ1) is 9.95. The highest BCUT2D eigenvalue weighted by Crippen LogP contribution is 2.33. The Morgan fingerprint density at radius 3 is 2.90 bits per heavy atom. The van der Waals surface area contributed by atoms with Crippen molar-refractivity contribution < 1.29 is 22.7 Å². The molecule has 1 aromatic rings. The molecular formula is C13H18N2O5S. The number of likely N-dealkylation sites (N-methyl/N-ethyl adjacent to an activating group) is 1. The molecule has 0 radical (unpaired) electrons. The van der Waals surface area contributed by atoms with Gasteiger partial charge in [0.1, 0.15) is 5.75 Å². The van der Waals surface area contributed by atoms with Gasteiger partial charge in [-0.3, -0.25) is 4.79 Å². The van der Waals surface area contributed by atoms with Gasteiger partial charge >= 0.3 is 0 Å². The van der Waals surface area contributed by atoms with Crippen molar-refractivity contribution in [3.63, 3.8) is 0 Å². The molecule has 0 bridgehead atoms. The van der Waals surface area contributed by atoms with E-state index in [2.05, 4.69) is 4.72 Å². The number of fused-ring (bicyclic) bond motifs is 1. The average Bonchev–Trinajstić information content (AvgIpc) is 2.47. The van der Waals surface area contributed by atoms with Crippen molar-refractivity contribution >= 4 is 21.6 Å². The summed E-state index contributed by atoms with van der Waals surface area (Å²) in [4.78, 5) is 13.1. The van der Waals surface area contributed by atoms with Crippen LogP contribution in [0.4, 0.5) is 5.69 Å². The molecule has 7 nitrogen and oxygen atoms in total. The van der Waals surface area contributed by atoms with Crippen molar-refractivity contribution in [3.8, 4) is 5.75 Å². The van der Waals surface area contributed by atoms with E-state index in [1.54, 1.807) is 20.2 Å². The van der Waals surface area contributed by atoms with Crippen LogP contribution in [0.2, 0.25) is 0 Å². The average molecular weight is 314 g/mol. The van der Waals surface area contributed by atoms with E-state index in [0.29, 0.717) is 31.0 Å². The van der Waals surface area contributed by atoms with Crippen LogP contribution in [-0.2, 0) is 19.6 Å². The summed E-state index contributed by atoms with van der Waals surface area (Å²) in [5.41, 5.74) is 0.450. The zero-order chi connectivity index (χ0) is 15.5. The van der Waals surface area contributed by atoms with Crippen LogP contribution in [0, 0.1) is 0 Å². The quantitative estimate of drug-likeness (QED) is 0.766. The number of nitrogens with one attached hydrogen (secondary N) is 1. The van der Waals surface area contributed by atoms with Crippen LogP contribution in [0.15, 0.2) is 23.1 Å². The van der Waals surface area contributed by atoms with Crippen LogP contribution in [0.3, 0.4) is 0 Å². The predicted molar refractivity (Wildman–Crippen MR) is 77.0 cm³/mol. The number of carbonyl (C=O) groups excluding carboxylic acids is 1. The molecular weight excluding hydrogens is 296 g/mol. The van der Waals surface area contributed by atoms with E-state index < -0.39 is 10.0 Å². The lowest BCUT2D eigenvalue weighted by Gasteiger charge is -2.26. The summed E-state index contributed by atoms with van der Waals surface area (Å²) in [6.45, 7) is 0.737. The maximum Gasteiger partial charge on any atom is 0.264 e. The first-order valence-corrected chi connectivity index (χ1v) is 7.96. The fourth-order valence-electron chi connectivity index (χ4n) is 1.93. The summed E-state index contributed by atoms with van der Waals surface area (Å²) in [6, 6.07) is 4.45. The number of hydrogen-bond donors (Lipinski definition) is 1. The lowest BCUT2D eigenvalue weighted by atomic mass is 10.2. The number of rotatable bonds is 6. The van der Waals surface area contributed by atoms with E-state index >= 15 is 0 Å². The maximum absolute atomic E-state index is 12.2. The van der Waals surface area contributed by atoms with Crippen molar-refractivity contribution in [2.45, 2.75) is 11.3 Å². The molecule has 1 aliphatic heterocycles. The van der Waals surface area contributed by atoms with Gasteiger partial charge in [-0.15, -0.1) is 0 Å². The third-order valence-corrected chi connectivity index (χ3v) is 4.60. The molecule has 1 aliphatic rings. The zero-order valence-corrected chi connectivity index (χ0v) is 12.8. The number of ether oxygens (including phenoxy) is 2. The summed E-state index contributed by atoms with van der Waals surface area (Å²) in [5.74, 6) is 0.278. The molecule has 0 spiro atoms. The second-order valence-electron chi connectivity index (χ2n) is 4.62. The monoisotopic (exact) mass is 314 g/mol. The first kappa shape index (κ1) is 15.7. The van der Waals surface area contributed by atoms with Crippen LogP contribution >= 0.6 is 0 Å². The Labute approximate surface area is 123 Å². The molecule has 21 heavy (non-hydrogen) atoms. The molecule has 0 unspecified atom stereocenters.